The van der Waals surface area contributed by atoms with Crippen LogP contribution >= 0.6 is 11.8 Å². The fraction of sp³-hybridized carbons (Fsp3) is 0. The quantitative estimate of drug-likeness (QED) is 0.273. The van der Waals surface area contributed by atoms with E-state index in [9.17, 15) is 20.2 Å². The SMILES string of the molecule is O=[N+]([O-])c1ccc(SC=[S+]c2ccc([N+](=O)[O-])nc2)cn1. The molecule has 0 unspecified atom stereocenters. The molecule has 0 atom stereocenters. The Morgan fingerprint density at radius 3 is 2.10 bits per heavy atom. The summed E-state index contributed by atoms with van der Waals surface area (Å²) in [5.74, 6) is -0.404. The molecule has 0 aliphatic heterocycles. The third kappa shape index (κ3) is 4.26. The summed E-state index contributed by atoms with van der Waals surface area (Å²) in [5, 5.41) is 20.9. The van der Waals surface area contributed by atoms with Crippen LogP contribution in [0.4, 0.5) is 11.6 Å². The normalized spacial score (nSPS) is 10.7. The summed E-state index contributed by atoms with van der Waals surface area (Å²) in [6.07, 6.45) is 2.82. The van der Waals surface area contributed by atoms with E-state index in [1.807, 2.05) is 0 Å². The first-order chi connectivity index (χ1) is 10.1. The molecule has 2 heterocycles. The van der Waals surface area contributed by atoms with Gasteiger partial charge in [-0.2, -0.15) is 0 Å². The number of nitro groups is 2. The van der Waals surface area contributed by atoms with Gasteiger partial charge in [0.25, 0.3) is 4.90 Å². The molecular formula is C11H7N4O4S2+. The molecule has 0 radical (unpaired) electrons. The summed E-state index contributed by atoms with van der Waals surface area (Å²) in [6.45, 7) is 0. The van der Waals surface area contributed by atoms with Gasteiger partial charge < -0.3 is 20.2 Å². The second-order valence-corrected chi connectivity index (χ2v) is 5.73. The largest absolute Gasteiger partial charge is 0.363 e. The van der Waals surface area contributed by atoms with Gasteiger partial charge in [-0.15, -0.1) is 0 Å². The van der Waals surface area contributed by atoms with E-state index in [1.165, 1.54) is 47.6 Å². The molecule has 2 aromatic heterocycles. The monoisotopic (exact) mass is 323 g/mol. The average Bonchev–Trinajstić information content (AvgIpc) is 2.48. The third-order valence-corrected chi connectivity index (χ3v) is 3.98. The van der Waals surface area contributed by atoms with Gasteiger partial charge in [0.1, 0.15) is 0 Å². The maximum absolute atomic E-state index is 10.5. The van der Waals surface area contributed by atoms with Crippen molar-refractivity contribution in [2.45, 2.75) is 9.79 Å². The highest BCUT2D eigenvalue weighted by Gasteiger charge is 2.12. The lowest BCUT2D eigenvalue weighted by atomic mass is 10.5. The maximum atomic E-state index is 10.5. The van der Waals surface area contributed by atoms with Gasteiger partial charge in [0.2, 0.25) is 22.2 Å². The molecule has 0 aliphatic carbocycles. The molecule has 0 aliphatic rings. The Bertz CT molecular complexity index is 688. The zero-order valence-electron chi connectivity index (χ0n) is 10.3. The van der Waals surface area contributed by atoms with Crippen LogP contribution in [0.1, 0.15) is 0 Å². The lowest BCUT2D eigenvalue weighted by Gasteiger charge is -1.91. The number of thioether (sulfide) groups is 1. The smallest absolute Gasteiger partial charge is 0.358 e. The van der Waals surface area contributed by atoms with Crippen molar-refractivity contribution in [3.05, 3.63) is 56.9 Å². The summed E-state index contributed by atoms with van der Waals surface area (Å²) in [6, 6.07) is 5.85. The number of hydrogen-bond acceptors (Lipinski definition) is 7. The van der Waals surface area contributed by atoms with Gasteiger partial charge in [-0.05, 0) is 37.6 Å². The number of hydrogen-bond donors (Lipinski definition) is 0. The highest BCUT2D eigenvalue weighted by atomic mass is 32.2. The zero-order chi connectivity index (χ0) is 15.2. The Morgan fingerprint density at radius 2 is 1.62 bits per heavy atom. The lowest BCUT2D eigenvalue weighted by Crippen LogP contribution is -1.91. The van der Waals surface area contributed by atoms with E-state index in [1.54, 1.807) is 16.8 Å². The second kappa shape index (κ2) is 6.81. The molecule has 21 heavy (non-hydrogen) atoms. The van der Waals surface area contributed by atoms with E-state index < -0.39 is 9.85 Å². The molecule has 8 nitrogen and oxygen atoms in total. The van der Waals surface area contributed by atoms with Crippen LogP contribution < -0.4 is 0 Å². The first-order valence-electron chi connectivity index (χ1n) is 5.42. The molecular weight excluding hydrogens is 316 g/mol. The van der Waals surface area contributed by atoms with Gasteiger partial charge in [0.15, 0.2) is 6.20 Å². The van der Waals surface area contributed by atoms with Crippen LogP contribution in [0, 0.1) is 20.2 Å². The molecule has 0 aromatic carbocycles. The van der Waals surface area contributed by atoms with Crippen molar-refractivity contribution >= 4 is 39.4 Å². The lowest BCUT2D eigenvalue weighted by molar-refractivity contribution is -0.389. The van der Waals surface area contributed by atoms with E-state index in [2.05, 4.69) is 9.97 Å². The van der Waals surface area contributed by atoms with Crippen molar-refractivity contribution in [1.29, 1.82) is 0 Å². The maximum Gasteiger partial charge on any atom is 0.363 e. The van der Waals surface area contributed by atoms with Crippen LogP contribution in [-0.2, 0) is 11.4 Å². The Hall–Kier alpha value is -2.46. The van der Waals surface area contributed by atoms with E-state index in [-0.39, 0.29) is 11.6 Å². The van der Waals surface area contributed by atoms with Crippen molar-refractivity contribution in [1.82, 2.24) is 9.97 Å². The minimum Gasteiger partial charge on any atom is -0.358 e. The topological polar surface area (TPSA) is 112 Å². The van der Waals surface area contributed by atoms with Crippen LogP contribution in [0.15, 0.2) is 46.5 Å². The predicted molar refractivity (Wildman–Crippen MR) is 79.3 cm³/mol. The summed E-state index contributed by atoms with van der Waals surface area (Å²) in [4.78, 5) is 28.7. The van der Waals surface area contributed by atoms with Gasteiger partial charge in [-0.3, -0.25) is 0 Å². The van der Waals surface area contributed by atoms with Crippen LogP contribution in [-0.4, -0.2) is 24.5 Å². The molecule has 2 rings (SSSR count). The molecule has 0 spiro atoms. The summed E-state index contributed by atoms with van der Waals surface area (Å²) in [5.41, 5.74) is 0. The Labute approximate surface area is 126 Å². The average molecular weight is 323 g/mol. The first-order valence-corrected chi connectivity index (χ1v) is 7.18. The van der Waals surface area contributed by atoms with E-state index in [0.717, 1.165) is 9.79 Å². The molecule has 0 amide bonds. The minimum absolute atomic E-state index is 0.202. The fourth-order valence-electron chi connectivity index (χ4n) is 1.24. The van der Waals surface area contributed by atoms with E-state index in [4.69, 9.17) is 0 Å². The van der Waals surface area contributed by atoms with Gasteiger partial charge >= 0.3 is 11.6 Å². The van der Waals surface area contributed by atoms with Gasteiger partial charge in [0.05, 0.1) is 4.90 Å². The standard InChI is InChI=1S/C11H7N4O4S2/c16-14(17)10-3-1-8(5-12-10)20-7-21-9-2-4-11(13-6-9)15(18)19/h1-7H/q+1. The van der Waals surface area contributed by atoms with Crippen LogP contribution in [0.25, 0.3) is 0 Å². The second-order valence-electron chi connectivity index (χ2n) is 3.55. The molecule has 2 aromatic rings. The number of nitrogens with zero attached hydrogens (tertiary/aromatic N) is 4. The number of aromatic nitrogens is 2. The summed E-state index contributed by atoms with van der Waals surface area (Å²) < 4.78 is 1.78. The number of rotatable bonds is 5. The first kappa shape index (κ1) is 14.9. The van der Waals surface area contributed by atoms with Crippen molar-refractivity contribution in [2.75, 3.05) is 0 Å². The van der Waals surface area contributed by atoms with E-state index >= 15 is 0 Å². The fourth-order valence-corrected chi connectivity index (χ4v) is 2.84. The molecule has 0 fully saturated rings. The van der Waals surface area contributed by atoms with Crippen LogP contribution in [0.3, 0.4) is 0 Å². The third-order valence-electron chi connectivity index (χ3n) is 2.18. The summed E-state index contributed by atoms with van der Waals surface area (Å²) in [7, 11) is 0. The Balaban J connectivity index is 1.98. The Morgan fingerprint density at radius 1 is 1.00 bits per heavy atom. The molecule has 0 N–H and O–H groups in total. The van der Waals surface area contributed by atoms with Gasteiger partial charge in [-0.25, -0.2) is 0 Å². The zero-order valence-corrected chi connectivity index (χ0v) is 11.9. The Kier molecular flexibility index (Phi) is 4.85. The molecule has 106 valence electrons. The van der Waals surface area contributed by atoms with Crippen molar-refractivity contribution in [2.24, 2.45) is 0 Å². The van der Waals surface area contributed by atoms with Gasteiger partial charge in [-0.1, -0.05) is 0 Å². The highest BCUT2D eigenvalue weighted by molar-refractivity contribution is 8.20. The van der Waals surface area contributed by atoms with Crippen molar-refractivity contribution < 1.29 is 9.85 Å². The van der Waals surface area contributed by atoms with Crippen molar-refractivity contribution in [3.63, 3.8) is 0 Å². The summed E-state index contributed by atoms with van der Waals surface area (Å²) >= 11 is 2.67. The molecule has 10 heteroatoms. The van der Waals surface area contributed by atoms with Gasteiger partial charge in [0, 0.05) is 18.2 Å². The molecule has 0 saturated carbocycles. The van der Waals surface area contributed by atoms with Crippen LogP contribution in [0.5, 0.6) is 0 Å². The van der Waals surface area contributed by atoms with Crippen molar-refractivity contribution in [3.8, 4) is 0 Å². The highest BCUT2D eigenvalue weighted by Crippen LogP contribution is 2.17. The number of pyridine rings is 2. The van der Waals surface area contributed by atoms with E-state index in [0.29, 0.717) is 0 Å². The molecule has 0 saturated heterocycles. The minimum atomic E-state index is -0.560. The predicted octanol–water partition coefficient (Wildman–Crippen LogP) is 2.29. The molecule has 0 bridgehead atoms. The van der Waals surface area contributed by atoms with Crippen LogP contribution in [0.2, 0.25) is 0 Å².